The maximum absolute atomic E-state index is 12.4. The molecule has 0 spiro atoms. The molecule has 0 bridgehead atoms. The normalized spacial score (nSPS) is 12.4. The van der Waals surface area contributed by atoms with Crippen LogP contribution >= 0.6 is 0 Å². The van der Waals surface area contributed by atoms with Crippen LogP contribution in [0.5, 0.6) is 17.2 Å². The number of rotatable bonds is 13. The Morgan fingerprint density at radius 3 is 2.09 bits per heavy atom. The number of aliphatic carboxylic acids is 1. The third kappa shape index (κ3) is 8.46. The van der Waals surface area contributed by atoms with Crippen molar-refractivity contribution < 1.29 is 28.9 Å². The first-order valence-electron chi connectivity index (χ1n) is 11.6. The number of carboxylic acids is 1. The molecule has 35 heavy (non-hydrogen) atoms. The Balaban J connectivity index is 1.41. The first-order valence-corrected chi connectivity index (χ1v) is 11.6. The SMILES string of the molecule is CCO[C@@H](Cc1ccc(O[C@@H](C)C(=O)NCCc2ccc(Oc3ccccc3)cc2)cc1)C(=O)O. The predicted octanol–water partition coefficient (Wildman–Crippen LogP) is 4.64. The molecule has 2 N–H and O–H groups in total. The van der Waals surface area contributed by atoms with Gasteiger partial charge in [-0.25, -0.2) is 4.79 Å². The molecule has 1 amide bonds. The number of benzene rings is 3. The van der Waals surface area contributed by atoms with Crippen molar-refractivity contribution in [3.63, 3.8) is 0 Å². The largest absolute Gasteiger partial charge is 0.481 e. The average Bonchev–Trinajstić information content (AvgIpc) is 2.86. The van der Waals surface area contributed by atoms with Crippen LogP contribution in [-0.2, 0) is 27.2 Å². The summed E-state index contributed by atoms with van der Waals surface area (Å²) in [5.41, 5.74) is 1.90. The van der Waals surface area contributed by atoms with Crippen LogP contribution in [0.15, 0.2) is 78.9 Å². The first kappa shape index (κ1) is 25.8. The fraction of sp³-hybridized carbons (Fsp3) is 0.286. The van der Waals surface area contributed by atoms with E-state index < -0.39 is 18.2 Å². The van der Waals surface area contributed by atoms with Crippen LogP contribution in [0.3, 0.4) is 0 Å². The van der Waals surface area contributed by atoms with E-state index in [1.165, 1.54) is 0 Å². The number of carboxylic acid groups (broad SMARTS) is 1. The first-order chi connectivity index (χ1) is 16.9. The minimum atomic E-state index is -0.992. The van der Waals surface area contributed by atoms with Crippen molar-refractivity contribution in [3.8, 4) is 17.2 Å². The number of amides is 1. The Labute approximate surface area is 205 Å². The van der Waals surface area contributed by atoms with Gasteiger partial charge in [0.2, 0.25) is 0 Å². The standard InChI is InChI=1S/C28H31NO6/c1-3-33-26(28(31)32)19-22-11-15-24(16-12-22)34-20(2)27(30)29-18-17-21-9-13-25(14-10-21)35-23-7-5-4-6-8-23/h4-16,20,26H,3,17-19H2,1-2H3,(H,29,30)(H,31,32)/t20-,26-/m0/s1. The van der Waals surface area contributed by atoms with Crippen molar-refractivity contribution in [1.29, 1.82) is 0 Å². The second-order valence-corrected chi connectivity index (χ2v) is 7.99. The van der Waals surface area contributed by atoms with E-state index in [4.69, 9.17) is 14.2 Å². The van der Waals surface area contributed by atoms with Crippen molar-refractivity contribution in [3.05, 3.63) is 90.0 Å². The minimum Gasteiger partial charge on any atom is -0.481 e. The maximum atomic E-state index is 12.4. The molecule has 0 saturated carbocycles. The highest BCUT2D eigenvalue weighted by molar-refractivity contribution is 5.80. The highest BCUT2D eigenvalue weighted by Crippen LogP contribution is 2.21. The van der Waals surface area contributed by atoms with Gasteiger partial charge in [-0.15, -0.1) is 0 Å². The van der Waals surface area contributed by atoms with E-state index in [1.54, 1.807) is 38.1 Å². The van der Waals surface area contributed by atoms with E-state index in [0.29, 0.717) is 25.3 Å². The summed E-state index contributed by atoms with van der Waals surface area (Å²) in [6.45, 7) is 4.27. The van der Waals surface area contributed by atoms with Crippen molar-refractivity contribution in [2.75, 3.05) is 13.2 Å². The van der Waals surface area contributed by atoms with Gasteiger partial charge in [0.25, 0.3) is 5.91 Å². The van der Waals surface area contributed by atoms with E-state index in [9.17, 15) is 14.7 Å². The second kappa shape index (κ2) is 13.2. The molecule has 0 aliphatic rings. The highest BCUT2D eigenvalue weighted by atomic mass is 16.5. The molecule has 2 atom stereocenters. The zero-order chi connectivity index (χ0) is 25.0. The Morgan fingerprint density at radius 1 is 0.857 bits per heavy atom. The molecular weight excluding hydrogens is 446 g/mol. The van der Waals surface area contributed by atoms with Gasteiger partial charge in [-0.2, -0.15) is 0 Å². The molecule has 7 heteroatoms. The lowest BCUT2D eigenvalue weighted by atomic mass is 10.1. The number of hydrogen-bond acceptors (Lipinski definition) is 5. The van der Waals surface area contributed by atoms with Gasteiger partial charge in [0.1, 0.15) is 17.2 Å². The molecular formula is C28H31NO6. The molecule has 0 aliphatic heterocycles. The molecule has 0 aliphatic carbocycles. The van der Waals surface area contributed by atoms with Crippen molar-refractivity contribution in [2.24, 2.45) is 0 Å². The van der Waals surface area contributed by atoms with E-state index in [0.717, 1.165) is 22.6 Å². The summed E-state index contributed by atoms with van der Waals surface area (Å²) >= 11 is 0. The van der Waals surface area contributed by atoms with Gasteiger partial charge < -0.3 is 24.6 Å². The van der Waals surface area contributed by atoms with Crippen LogP contribution in [0.25, 0.3) is 0 Å². The van der Waals surface area contributed by atoms with Crippen molar-refractivity contribution >= 4 is 11.9 Å². The van der Waals surface area contributed by atoms with Gasteiger partial charge in [0, 0.05) is 19.6 Å². The van der Waals surface area contributed by atoms with E-state index in [2.05, 4.69) is 5.32 Å². The summed E-state index contributed by atoms with van der Waals surface area (Å²) in [6, 6.07) is 24.4. The zero-order valence-electron chi connectivity index (χ0n) is 20.0. The topological polar surface area (TPSA) is 94.1 Å². The lowest BCUT2D eigenvalue weighted by Crippen LogP contribution is -2.37. The van der Waals surface area contributed by atoms with Gasteiger partial charge in [0.15, 0.2) is 12.2 Å². The molecule has 3 aromatic carbocycles. The fourth-order valence-corrected chi connectivity index (χ4v) is 3.42. The number of nitrogens with one attached hydrogen (secondary N) is 1. The Kier molecular flexibility index (Phi) is 9.69. The Morgan fingerprint density at radius 2 is 1.46 bits per heavy atom. The summed E-state index contributed by atoms with van der Waals surface area (Å²) in [5.74, 6) is 0.877. The van der Waals surface area contributed by atoms with Crippen LogP contribution < -0.4 is 14.8 Å². The number of ether oxygens (including phenoxy) is 3. The zero-order valence-corrected chi connectivity index (χ0v) is 20.0. The molecule has 0 heterocycles. The molecule has 7 nitrogen and oxygen atoms in total. The van der Waals surface area contributed by atoms with Crippen LogP contribution in [-0.4, -0.2) is 42.3 Å². The monoisotopic (exact) mass is 477 g/mol. The van der Waals surface area contributed by atoms with Crippen LogP contribution in [0.4, 0.5) is 0 Å². The quantitative estimate of drug-likeness (QED) is 0.373. The van der Waals surface area contributed by atoms with Crippen LogP contribution in [0.2, 0.25) is 0 Å². The van der Waals surface area contributed by atoms with Crippen LogP contribution in [0, 0.1) is 0 Å². The number of carbonyl (C=O) groups excluding carboxylic acids is 1. The molecule has 3 rings (SSSR count). The lowest BCUT2D eigenvalue weighted by Gasteiger charge is -2.16. The van der Waals surface area contributed by atoms with Gasteiger partial charge in [-0.1, -0.05) is 42.5 Å². The number of carbonyl (C=O) groups is 2. The van der Waals surface area contributed by atoms with Gasteiger partial charge in [-0.05, 0) is 67.8 Å². The summed E-state index contributed by atoms with van der Waals surface area (Å²) < 4.78 is 16.8. The smallest absolute Gasteiger partial charge is 0.333 e. The van der Waals surface area contributed by atoms with E-state index >= 15 is 0 Å². The molecule has 184 valence electrons. The van der Waals surface area contributed by atoms with E-state index in [1.807, 2.05) is 54.6 Å². The summed E-state index contributed by atoms with van der Waals surface area (Å²) in [7, 11) is 0. The fourth-order valence-electron chi connectivity index (χ4n) is 3.42. The lowest BCUT2D eigenvalue weighted by molar-refractivity contribution is -0.150. The molecule has 0 fully saturated rings. The van der Waals surface area contributed by atoms with Gasteiger partial charge in [0.05, 0.1) is 0 Å². The summed E-state index contributed by atoms with van der Waals surface area (Å²) in [4.78, 5) is 23.7. The number of hydrogen-bond donors (Lipinski definition) is 2. The molecule has 0 radical (unpaired) electrons. The van der Waals surface area contributed by atoms with Crippen molar-refractivity contribution in [1.82, 2.24) is 5.32 Å². The van der Waals surface area contributed by atoms with Gasteiger partial charge in [-0.3, -0.25) is 4.79 Å². The molecule has 3 aromatic rings. The van der Waals surface area contributed by atoms with Crippen LogP contribution in [0.1, 0.15) is 25.0 Å². The molecule has 0 saturated heterocycles. The van der Waals surface area contributed by atoms with Crippen molar-refractivity contribution in [2.45, 2.75) is 38.9 Å². The highest BCUT2D eigenvalue weighted by Gasteiger charge is 2.18. The molecule has 0 unspecified atom stereocenters. The molecule has 0 aromatic heterocycles. The third-order valence-electron chi connectivity index (χ3n) is 5.28. The second-order valence-electron chi connectivity index (χ2n) is 7.99. The Bertz CT molecular complexity index is 1070. The summed E-state index contributed by atoms with van der Waals surface area (Å²) in [6.07, 6.45) is -0.607. The predicted molar refractivity (Wildman–Crippen MR) is 133 cm³/mol. The third-order valence-corrected chi connectivity index (χ3v) is 5.28. The minimum absolute atomic E-state index is 0.208. The Hall–Kier alpha value is -3.84. The average molecular weight is 478 g/mol. The van der Waals surface area contributed by atoms with E-state index in [-0.39, 0.29) is 12.3 Å². The summed E-state index contributed by atoms with van der Waals surface area (Å²) in [5, 5.41) is 12.1. The number of para-hydroxylation sites is 1. The maximum Gasteiger partial charge on any atom is 0.333 e. The van der Waals surface area contributed by atoms with Gasteiger partial charge >= 0.3 is 5.97 Å².